The molecule has 184 valence electrons. The highest BCUT2D eigenvalue weighted by atomic mass is 16.5. The number of aliphatic hydroxyl groups excluding tert-OH is 1. The van der Waals surface area contributed by atoms with E-state index in [1.54, 1.807) is 24.3 Å². The molecule has 0 aliphatic carbocycles. The maximum Gasteiger partial charge on any atom is 0.262 e. The molecule has 0 saturated carbocycles. The number of ether oxygens (including phenoxy) is 2. The number of rotatable bonds is 6. The Hall–Kier alpha value is -3.97. The maximum atomic E-state index is 14.1. The van der Waals surface area contributed by atoms with Gasteiger partial charge in [-0.05, 0) is 54.4 Å². The molecule has 1 N–H and O–H groups in total. The summed E-state index contributed by atoms with van der Waals surface area (Å²) in [6, 6.07) is 23.9. The first-order valence-electron chi connectivity index (χ1n) is 12.1. The van der Waals surface area contributed by atoms with Crippen LogP contribution in [0.15, 0.2) is 83.9 Å². The molecule has 0 radical (unpaired) electrons. The second-order valence-corrected chi connectivity index (χ2v) is 9.06. The molecule has 3 aromatic carbocycles. The zero-order chi connectivity index (χ0) is 25.1. The van der Waals surface area contributed by atoms with Crippen LogP contribution < -0.4 is 4.74 Å². The van der Waals surface area contributed by atoms with Crippen molar-refractivity contribution < 1.29 is 24.2 Å². The highest BCUT2D eigenvalue weighted by Crippen LogP contribution is 2.38. The molecule has 2 aliphatic rings. The molecule has 2 aliphatic heterocycles. The summed E-state index contributed by atoms with van der Waals surface area (Å²) in [7, 11) is 0. The lowest BCUT2D eigenvalue weighted by atomic mass is 9.85. The van der Waals surface area contributed by atoms with Gasteiger partial charge in [0, 0.05) is 30.6 Å². The Morgan fingerprint density at radius 3 is 2.47 bits per heavy atom. The summed E-state index contributed by atoms with van der Waals surface area (Å²) >= 11 is 0. The number of imide groups is 1. The Kier molecular flexibility index (Phi) is 6.57. The molecular weight excluding hydrogens is 456 g/mol. The van der Waals surface area contributed by atoms with Crippen molar-refractivity contribution in [3.05, 3.63) is 101 Å². The van der Waals surface area contributed by atoms with Crippen LogP contribution in [-0.2, 0) is 22.5 Å². The molecule has 2 heterocycles. The third kappa shape index (κ3) is 4.38. The monoisotopic (exact) mass is 484 g/mol. The molecule has 0 unspecified atom stereocenters. The van der Waals surface area contributed by atoms with E-state index in [4.69, 9.17) is 19.6 Å². The van der Waals surface area contributed by atoms with E-state index in [9.17, 15) is 9.59 Å². The predicted molar refractivity (Wildman–Crippen MR) is 135 cm³/mol. The number of hydrogen-bond acceptors (Lipinski definition) is 6. The summed E-state index contributed by atoms with van der Waals surface area (Å²) in [5.41, 5.74) is 1.81. The average molecular weight is 485 g/mol. The molecule has 0 aromatic heterocycles. The van der Waals surface area contributed by atoms with Gasteiger partial charge in [0.2, 0.25) is 5.90 Å². The standard InChI is InChI=1S/C29H28N2O5/c1-20-29(30-26(36-20)21-12-14-25(15-13-21)35-17-7-16-32)18-23-10-5-6-11-24(23)19-31(28(29)34)27(33)22-8-3-2-4-9-22/h2-6,8-15,20,32H,7,16-19H2,1H3/t20-,29-/m0/s1. The van der Waals surface area contributed by atoms with E-state index >= 15 is 0 Å². The number of aliphatic imine (C=N–C) groups is 1. The molecule has 5 rings (SSSR count). The van der Waals surface area contributed by atoms with Crippen molar-refractivity contribution in [1.82, 2.24) is 4.90 Å². The first kappa shape index (κ1) is 23.8. The van der Waals surface area contributed by atoms with Gasteiger partial charge >= 0.3 is 0 Å². The number of hydrogen-bond donors (Lipinski definition) is 1. The van der Waals surface area contributed by atoms with Crippen LogP contribution in [0.2, 0.25) is 0 Å². The third-order valence-electron chi connectivity index (χ3n) is 6.72. The van der Waals surface area contributed by atoms with Crippen LogP contribution in [0.4, 0.5) is 0 Å². The highest BCUT2D eigenvalue weighted by Gasteiger charge is 2.54. The first-order valence-corrected chi connectivity index (χ1v) is 12.1. The predicted octanol–water partition coefficient (Wildman–Crippen LogP) is 3.78. The number of benzene rings is 3. The van der Waals surface area contributed by atoms with Gasteiger partial charge in [0.15, 0.2) is 5.54 Å². The van der Waals surface area contributed by atoms with Crippen LogP contribution >= 0.6 is 0 Å². The largest absolute Gasteiger partial charge is 0.494 e. The summed E-state index contributed by atoms with van der Waals surface area (Å²) in [6.45, 7) is 2.51. The van der Waals surface area contributed by atoms with Gasteiger partial charge in [-0.3, -0.25) is 14.5 Å². The van der Waals surface area contributed by atoms with Crippen molar-refractivity contribution in [2.45, 2.75) is 38.0 Å². The fourth-order valence-electron chi connectivity index (χ4n) is 4.68. The zero-order valence-electron chi connectivity index (χ0n) is 20.1. The fraction of sp³-hybridized carbons (Fsp3) is 0.276. The summed E-state index contributed by atoms with van der Waals surface area (Å²) in [5.74, 6) is 0.327. The van der Waals surface area contributed by atoms with Crippen LogP contribution in [0.3, 0.4) is 0 Å². The Balaban J connectivity index is 1.51. The topological polar surface area (TPSA) is 88.4 Å². The van der Waals surface area contributed by atoms with Crippen molar-refractivity contribution in [3.8, 4) is 5.75 Å². The first-order chi connectivity index (χ1) is 17.5. The number of fused-ring (bicyclic) bond motifs is 1. The van der Waals surface area contributed by atoms with Crippen LogP contribution in [0.25, 0.3) is 0 Å². The van der Waals surface area contributed by atoms with Crippen molar-refractivity contribution in [1.29, 1.82) is 0 Å². The molecular formula is C29H28N2O5. The Bertz CT molecular complexity index is 1290. The van der Waals surface area contributed by atoms with E-state index in [2.05, 4.69) is 0 Å². The summed E-state index contributed by atoms with van der Waals surface area (Å²) in [6.07, 6.45) is 0.324. The van der Waals surface area contributed by atoms with Gasteiger partial charge in [0.25, 0.3) is 11.8 Å². The smallest absolute Gasteiger partial charge is 0.262 e. The van der Waals surface area contributed by atoms with E-state index in [1.807, 2.05) is 61.5 Å². The van der Waals surface area contributed by atoms with Crippen molar-refractivity contribution in [2.75, 3.05) is 13.2 Å². The SMILES string of the molecule is C[C@@H]1OC(c2ccc(OCCCO)cc2)=N[C@@]12Cc1ccccc1CN(C(=O)c1ccccc1)C2=O. The zero-order valence-corrected chi connectivity index (χ0v) is 20.1. The fourth-order valence-corrected chi connectivity index (χ4v) is 4.68. The summed E-state index contributed by atoms with van der Waals surface area (Å²) in [5, 5.41) is 8.93. The van der Waals surface area contributed by atoms with Crippen molar-refractivity contribution in [2.24, 2.45) is 4.99 Å². The van der Waals surface area contributed by atoms with E-state index in [-0.39, 0.29) is 25.0 Å². The van der Waals surface area contributed by atoms with E-state index in [1.165, 1.54) is 4.90 Å². The Labute approximate surface area is 210 Å². The molecule has 0 saturated heterocycles. The lowest BCUT2D eigenvalue weighted by Crippen LogP contribution is -2.54. The lowest BCUT2D eigenvalue weighted by molar-refractivity contribution is -0.136. The molecule has 36 heavy (non-hydrogen) atoms. The second kappa shape index (κ2) is 9.95. The minimum absolute atomic E-state index is 0.0731. The molecule has 2 amide bonds. The Morgan fingerprint density at radius 1 is 1.06 bits per heavy atom. The molecule has 0 bridgehead atoms. The Morgan fingerprint density at radius 2 is 1.75 bits per heavy atom. The molecule has 0 fully saturated rings. The molecule has 1 spiro atoms. The number of nitrogens with zero attached hydrogens (tertiary/aromatic N) is 2. The van der Waals surface area contributed by atoms with Gasteiger partial charge in [-0.2, -0.15) is 0 Å². The van der Waals surface area contributed by atoms with Crippen LogP contribution in [0, 0.1) is 0 Å². The van der Waals surface area contributed by atoms with E-state index < -0.39 is 11.6 Å². The number of aliphatic hydroxyl groups is 1. The second-order valence-electron chi connectivity index (χ2n) is 9.06. The van der Waals surface area contributed by atoms with Crippen LogP contribution in [-0.4, -0.2) is 52.6 Å². The average Bonchev–Trinajstić information content (AvgIpc) is 3.18. The number of carbonyl (C=O) groups is 2. The van der Waals surface area contributed by atoms with Crippen molar-refractivity contribution in [3.63, 3.8) is 0 Å². The van der Waals surface area contributed by atoms with Crippen LogP contribution in [0.5, 0.6) is 5.75 Å². The van der Waals surface area contributed by atoms with Gasteiger partial charge in [-0.25, -0.2) is 4.99 Å². The third-order valence-corrected chi connectivity index (χ3v) is 6.72. The van der Waals surface area contributed by atoms with Gasteiger partial charge in [-0.1, -0.05) is 42.5 Å². The molecule has 7 nitrogen and oxygen atoms in total. The lowest BCUT2D eigenvalue weighted by Gasteiger charge is -2.30. The quantitative estimate of drug-likeness (QED) is 0.425. The molecule has 2 atom stereocenters. The van der Waals surface area contributed by atoms with Crippen LogP contribution in [0.1, 0.15) is 40.4 Å². The maximum absolute atomic E-state index is 14.1. The number of carbonyl (C=O) groups excluding carboxylic acids is 2. The molecule has 7 heteroatoms. The summed E-state index contributed by atoms with van der Waals surface area (Å²) in [4.78, 5) is 33.8. The summed E-state index contributed by atoms with van der Waals surface area (Å²) < 4.78 is 11.8. The molecule has 3 aromatic rings. The minimum atomic E-state index is -1.26. The highest BCUT2D eigenvalue weighted by molar-refractivity contribution is 6.10. The van der Waals surface area contributed by atoms with Gasteiger partial charge < -0.3 is 14.6 Å². The minimum Gasteiger partial charge on any atom is -0.494 e. The van der Waals surface area contributed by atoms with E-state index in [0.29, 0.717) is 36.7 Å². The van der Waals surface area contributed by atoms with Gasteiger partial charge in [-0.15, -0.1) is 0 Å². The van der Waals surface area contributed by atoms with Gasteiger partial charge in [0.05, 0.1) is 13.2 Å². The normalized spacial score (nSPS) is 20.9. The van der Waals surface area contributed by atoms with E-state index in [0.717, 1.165) is 16.7 Å². The number of amides is 2. The van der Waals surface area contributed by atoms with Gasteiger partial charge in [0.1, 0.15) is 11.9 Å². The van der Waals surface area contributed by atoms with Crippen molar-refractivity contribution >= 4 is 17.7 Å².